The third kappa shape index (κ3) is 5.65. The third-order valence-electron chi connectivity index (χ3n) is 5.85. The van der Waals surface area contributed by atoms with Gasteiger partial charge in [0.1, 0.15) is 30.4 Å². The summed E-state index contributed by atoms with van der Waals surface area (Å²) in [5, 5.41) is 16.6. The summed E-state index contributed by atoms with van der Waals surface area (Å²) < 4.78 is 29.9. The molecular weight excluding hydrogens is 468 g/mol. The van der Waals surface area contributed by atoms with Gasteiger partial charge in [-0.2, -0.15) is 0 Å². The van der Waals surface area contributed by atoms with E-state index in [0.717, 1.165) is 11.3 Å². The number of aromatic nitrogens is 3. The second-order valence-electron chi connectivity index (χ2n) is 8.17. The van der Waals surface area contributed by atoms with Gasteiger partial charge in [0, 0.05) is 32.1 Å². The van der Waals surface area contributed by atoms with E-state index < -0.39 is 24.6 Å². The van der Waals surface area contributed by atoms with E-state index in [9.17, 15) is 9.90 Å². The SMILES string of the molecule is CCO[C@@H]1[C@@H](OC)[C@H](C)O[C@@H](OC(=O)Nc2ccc(-c3ncn(-c4ccc(O)cc4)n3)cc2)[C@@H]1OC. The maximum Gasteiger partial charge on any atom is 0.414 e. The van der Waals surface area contributed by atoms with Crippen LogP contribution in [0.5, 0.6) is 5.75 Å². The van der Waals surface area contributed by atoms with Crippen molar-refractivity contribution in [2.24, 2.45) is 0 Å². The molecule has 0 aliphatic carbocycles. The zero-order chi connectivity index (χ0) is 25.7. The smallest absolute Gasteiger partial charge is 0.414 e. The average Bonchev–Trinajstić information content (AvgIpc) is 3.36. The Morgan fingerprint density at radius 2 is 1.75 bits per heavy atom. The van der Waals surface area contributed by atoms with Crippen LogP contribution in [0.25, 0.3) is 17.1 Å². The van der Waals surface area contributed by atoms with Crippen LogP contribution >= 0.6 is 0 Å². The fourth-order valence-corrected chi connectivity index (χ4v) is 4.10. The normalized spacial score (nSPS) is 23.8. The molecule has 2 heterocycles. The molecule has 0 radical (unpaired) electrons. The van der Waals surface area contributed by atoms with Gasteiger partial charge in [0.15, 0.2) is 5.82 Å². The van der Waals surface area contributed by atoms with Crippen molar-refractivity contribution in [3.63, 3.8) is 0 Å². The van der Waals surface area contributed by atoms with E-state index in [1.54, 1.807) is 66.6 Å². The Labute approximate surface area is 208 Å². The van der Waals surface area contributed by atoms with Crippen molar-refractivity contribution >= 4 is 11.8 Å². The lowest BCUT2D eigenvalue weighted by molar-refractivity contribution is -0.292. The molecule has 4 rings (SSSR count). The molecule has 1 fully saturated rings. The largest absolute Gasteiger partial charge is 0.508 e. The van der Waals surface area contributed by atoms with Crippen molar-refractivity contribution in [3.8, 4) is 22.8 Å². The lowest BCUT2D eigenvalue weighted by Crippen LogP contribution is -2.60. The molecule has 1 amide bonds. The van der Waals surface area contributed by atoms with Crippen molar-refractivity contribution in [3.05, 3.63) is 54.9 Å². The van der Waals surface area contributed by atoms with Gasteiger partial charge in [0.2, 0.25) is 6.29 Å². The van der Waals surface area contributed by atoms with Crippen LogP contribution in [0.1, 0.15) is 13.8 Å². The molecule has 1 aliphatic rings. The minimum Gasteiger partial charge on any atom is -0.508 e. The van der Waals surface area contributed by atoms with Gasteiger partial charge >= 0.3 is 6.09 Å². The Morgan fingerprint density at radius 3 is 2.39 bits per heavy atom. The first-order chi connectivity index (χ1) is 17.4. The van der Waals surface area contributed by atoms with Crippen LogP contribution in [0.15, 0.2) is 54.9 Å². The van der Waals surface area contributed by atoms with Crippen LogP contribution in [-0.2, 0) is 23.7 Å². The molecule has 0 bridgehead atoms. The van der Waals surface area contributed by atoms with Crippen LogP contribution in [0, 0.1) is 0 Å². The Morgan fingerprint density at radius 1 is 1.06 bits per heavy atom. The minimum absolute atomic E-state index is 0.177. The predicted octanol–water partition coefficient (Wildman–Crippen LogP) is 3.37. The second kappa shape index (κ2) is 11.5. The first-order valence-electron chi connectivity index (χ1n) is 11.5. The number of hydrogen-bond donors (Lipinski definition) is 2. The van der Waals surface area contributed by atoms with Crippen molar-refractivity contribution in [1.29, 1.82) is 0 Å². The number of methoxy groups -OCH3 is 2. The summed E-state index contributed by atoms with van der Waals surface area (Å²) in [7, 11) is 3.08. The number of phenols is 1. The van der Waals surface area contributed by atoms with Gasteiger partial charge in [-0.05, 0) is 62.4 Å². The van der Waals surface area contributed by atoms with Crippen LogP contribution in [-0.4, -0.2) is 77.5 Å². The van der Waals surface area contributed by atoms with Gasteiger partial charge in [-0.25, -0.2) is 14.5 Å². The van der Waals surface area contributed by atoms with Gasteiger partial charge < -0.3 is 28.8 Å². The zero-order valence-electron chi connectivity index (χ0n) is 20.5. The first-order valence-corrected chi connectivity index (χ1v) is 11.5. The minimum atomic E-state index is -0.972. The first kappa shape index (κ1) is 25.6. The molecule has 0 saturated carbocycles. The number of nitrogens with zero attached hydrogens (tertiary/aromatic N) is 3. The number of anilines is 1. The van der Waals surface area contributed by atoms with Crippen LogP contribution in [0.3, 0.4) is 0 Å². The van der Waals surface area contributed by atoms with E-state index in [2.05, 4.69) is 15.4 Å². The Hall–Kier alpha value is -3.51. The lowest BCUT2D eigenvalue weighted by Gasteiger charge is -2.43. The third-order valence-corrected chi connectivity index (χ3v) is 5.85. The van der Waals surface area contributed by atoms with Gasteiger partial charge in [0.05, 0.1) is 11.8 Å². The van der Waals surface area contributed by atoms with Crippen molar-refractivity contribution in [2.75, 3.05) is 26.1 Å². The standard InChI is InChI=1S/C25H30N4O7/c1-5-34-21-20(32-3)15(2)35-24(22(21)33-4)36-25(31)27-17-8-6-16(7-9-17)23-26-14-29(28-23)18-10-12-19(30)13-11-18/h6-15,20-22,24,30H,5H2,1-4H3,(H,27,31)/t15-,20-,21+,22+,24-/m0/s1. The molecule has 2 aromatic carbocycles. The molecule has 192 valence electrons. The number of carbonyl (C=O) groups is 1. The average molecular weight is 499 g/mol. The molecule has 5 atom stereocenters. The number of ether oxygens (including phenoxy) is 5. The number of aromatic hydroxyl groups is 1. The predicted molar refractivity (Wildman–Crippen MR) is 130 cm³/mol. The molecule has 1 aliphatic heterocycles. The molecule has 3 aromatic rings. The Kier molecular flexibility index (Phi) is 8.16. The maximum absolute atomic E-state index is 12.6. The maximum atomic E-state index is 12.6. The Bertz CT molecular complexity index is 1140. The Balaban J connectivity index is 1.39. The molecule has 36 heavy (non-hydrogen) atoms. The molecule has 1 saturated heterocycles. The summed E-state index contributed by atoms with van der Waals surface area (Å²) in [4.78, 5) is 17.0. The quantitative estimate of drug-likeness (QED) is 0.481. The molecular formula is C25H30N4O7. The fourth-order valence-electron chi connectivity index (χ4n) is 4.10. The van der Waals surface area contributed by atoms with Crippen molar-refractivity contribution in [2.45, 2.75) is 44.6 Å². The van der Waals surface area contributed by atoms with Gasteiger partial charge in [-0.15, -0.1) is 5.10 Å². The molecule has 2 N–H and O–H groups in total. The van der Waals surface area contributed by atoms with Crippen LogP contribution in [0.2, 0.25) is 0 Å². The monoisotopic (exact) mass is 498 g/mol. The summed E-state index contributed by atoms with van der Waals surface area (Å²) >= 11 is 0. The number of hydrogen-bond acceptors (Lipinski definition) is 9. The molecule has 0 spiro atoms. The van der Waals surface area contributed by atoms with Gasteiger partial charge in [-0.3, -0.25) is 5.32 Å². The second-order valence-corrected chi connectivity index (χ2v) is 8.17. The molecule has 11 nitrogen and oxygen atoms in total. The number of rotatable bonds is 8. The summed E-state index contributed by atoms with van der Waals surface area (Å²) in [5.74, 6) is 0.690. The number of benzene rings is 2. The highest BCUT2D eigenvalue weighted by atomic mass is 16.7. The van der Waals surface area contributed by atoms with E-state index in [1.165, 1.54) is 7.11 Å². The van der Waals surface area contributed by atoms with E-state index >= 15 is 0 Å². The van der Waals surface area contributed by atoms with Crippen molar-refractivity contribution in [1.82, 2.24) is 14.8 Å². The fraction of sp³-hybridized carbons (Fsp3) is 0.400. The van der Waals surface area contributed by atoms with Crippen LogP contribution < -0.4 is 5.32 Å². The van der Waals surface area contributed by atoms with Gasteiger partial charge in [-0.1, -0.05) is 0 Å². The van der Waals surface area contributed by atoms with E-state index in [0.29, 0.717) is 18.1 Å². The number of carbonyl (C=O) groups excluding carboxylic acids is 1. The molecule has 0 unspecified atom stereocenters. The van der Waals surface area contributed by atoms with E-state index in [-0.39, 0.29) is 18.0 Å². The number of phenolic OH excluding ortho intramolecular Hbond substituents is 1. The highest BCUT2D eigenvalue weighted by Crippen LogP contribution is 2.28. The highest BCUT2D eigenvalue weighted by Gasteiger charge is 2.47. The molecule has 1 aromatic heterocycles. The van der Waals surface area contributed by atoms with Crippen molar-refractivity contribution < 1.29 is 33.6 Å². The zero-order valence-corrected chi connectivity index (χ0v) is 20.5. The van der Waals surface area contributed by atoms with Gasteiger partial charge in [0.25, 0.3) is 0 Å². The summed E-state index contributed by atoms with van der Waals surface area (Å²) in [6.45, 7) is 4.15. The highest BCUT2D eigenvalue weighted by molar-refractivity contribution is 5.85. The molecule has 11 heteroatoms. The summed E-state index contributed by atoms with van der Waals surface area (Å²) in [6, 6.07) is 13.7. The van der Waals surface area contributed by atoms with E-state index in [1.807, 2.05) is 13.8 Å². The number of amides is 1. The summed E-state index contributed by atoms with van der Waals surface area (Å²) in [6.07, 6.45) is -1.93. The van der Waals surface area contributed by atoms with E-state index in [4.69, 9.17) is 23.7 Å². The summed E-state index contributed by atoms with van der Waals surface area (Å²) in [5.41, 5.74) is 2.06. The van der Waals surface area contributed by atoms with Crippen LogP contribution in [0.4, 0.5) is 10.5 Å². The topological polar surface area (TPSA) is 126 Å². The lowest BCUT2D eigenvalue weighted by atomic mass is 9.99. The number of nitrogens with one attached hydrogen (secondary N) is 1.